The van der Waals surface area contributed by atoms with Gasteiger partial charge in [-0.15, -0.1) is 0 Å². The number of hydrogen-bond acceptors (Lipinski definition) is 7. The molecule has 4 aromatic rings. The van der Waals surface area contributed by atoms with Crippen molar-refractivity contribution in [1.82, 2.24) is 15.5 Å². The van der Waals surface area contributed by atoms with Gasteiger partial charge in [0.2, 0.25) is 11.8 Å². The lowest BCUT2D eigenvalue weighted by molar-refractivity contribution is -0.123. The maximum Gasteiger partial charge on any atom is 0.379 e. The monoisotopic (exact) mass is 458 g/mol. The van der Waals surface area contributed by atoms with E-state index in [0.29, 0.717) is 12.8 Å². The van der Waals surface area contributed by atoms with E-state index in [1.54, 1.807) is 6.92 Å². The fourth-order valence-electron chi connectivity index (χ4n) is 3.70. The summed E-state index contributed by atoms with van der Waals surface area (Å²) in [6, 6.07) is 22.2. The lowest BCUT2D eigenvalue weighted by Gasteiger charge is -2.18. The van der Waals surface area contributed by atoms with E-state index in [0.717, 1.165) is 21.9 Å². The first-order valence-electron chi connectivity index (χ1n) is 11.1. The molecule has 4 rings (SSSR count). The maximum absolute atomic E-state index is 13.0. The van der Waals surface area contributed by atoms with Gasteiger partial charge in [-0.1, -0.05) is 72.8 Å². The molecular formula is C26H26N4O4. The summed E-state index contributed by atoms with van der Waals surface area (Å²) in [5.74, 6) is -1.12. The highest BCUT2D eigenvalue weighted by molar-refractivity contribution is 5.85. The first kappa shape index (κ1) is 23.1. The highest BCUT2D eigenvalue weighted by Gasteiger charge is 2.26. The van der Waals surface area contributed by atoms with Crippen LogP contribution in [0.3, 0.4) is 0 Å². The van der Waals surface area contributed by atoms with Gasteiger partial charge in [-0.3, -0.25) is 4.79 Å². The molecule has 1 heterocycles. The summed E-state index contributed by atoms with van der Waals surface area (Å²) in [5, 5.41) is 8.83. The van der Waals surface area contributed by atoms with Gasteiger partial charge in [0.25, 0.3) is 5.82 Å². The molecule has 1 aromatic heterocycles. The van der Waals surface area contributed by atoms with Crippen LogP contribution in [0.1, 0.15) is 40.6 Å². The number of carbonyl (C=O) groups is 2. The molecule has 3 aromatic carbocycles. The molecule has 34 heavy (non-hydrogen) atoms. The number of hydrogen-bond donors (Lipinski definition) is 2. The van der Waals surface area contributed by atoms with Gasteiger partial charge in [0.1, 0.15) is 6.04 Å². The summed E-state index contributed by atoms with van der Waals surface area (Å²) in [4.78, 5) is 29.1. The number of nitrogens with one attached hydrogen (secondary N) is 1. The molecule has 0 radical (unpaired) electrons. The van der Waals surface area contributed by atoms with Crippen LogP contribution in [0.15, 0.2) is 77.3 Å². The molecule has 0 aliphatic rings. The van der Waals surface area contributed by atoms with Gasteiger partial charge in [0, 0.05) is 6.42 Å². The summed E-state index contributed by atoms with van der Waals surface area (Å²) in [5.41, 5.74) is 8.17. The molecule has 0 spiro atoms. The second-order valence-corrected chi connectivity index (χ2v) is 7.92. The molecule has 2 atom stereocenters. The summed E-state index contributed by atoms with van der Waals surface area (Å²) in [6.07, 6.45) is 0.756. The number of carbonyl (C=O) groups excluding carboxylic acids is 2. The second kappa shape index (κ2) is 10.7. The number of aromatic nitrogens is 2. The van der Waals surface area contributed by atoms with Crippen LogP contribution in [0.5, 0.6) is 0 Å². The Morgan fingerprint density at radius 3 is 2.47 bits per heavy atom. The van der Waals surface area contributed by atoms with Crippen molar-refractivity contribution in [3.63, 3.8) is 0 Å². The van der Waals surface area contributed by atoms with Crippen LogP contribution in [0.25, 0.3) is 10.8 Å². The number of fused-ring (bicyclic) bond motifs is 1. The van der Waals surface area contributed by atoms with E-state index in [1.165, 1.54) is 0 Å². The fourth-order valence-corrected chi connectivity index (χ4v) is 3.70. The van der Waals surface area contributed by atoms with E-state index in [2.05, 4.69) is 15.5 Å². The van der Waals surface area contributed by atoms with Gasteiger partial charge < -0.3 is 20.3 Å². The largest absolute Gasteiger partial charge is 0.460 e. The maximum atomic E-state index is 13.0. The Bertz CT molecular complexity index is 1270. The molecular weight excluding hydrogens is 432 g/mol. The topological polar surface area (TPSA) is 120 Å². The molecule has 0 saturated heterocycles. The minimum Gasteiger partial charge on any atom is -0.460 e. The van der Waals surface area contributed by atoms with Crippen LogP contribution < -0.4 is 11.1 Å². The first-order chi connectivity index (χ1) is 16.5. The third-order valence-corrected chi connectivity index (χ3v) is 5.40. The molecule has 174 valence electrons. The Morgan fingerprint density at radius 2 is 1.71 bits per heavy atom. The Morgan fingerprint density at radius 1 is 0.971 bits per heavy atom. The van der Waals surface area contributed by atoms with Crippen LogP contribution in [-0.2, 0) is 22.4 Å². The van der Waals surface area contributed by atoms with E-state index < -0.39 is 18.1 Å². The van der Waals surface area contributed by atoms with Gasteiger partial charge in [-0.25, -0.2) is 4.79 Å². The SMILES string of the molecule is CCOC(=O)c1noc([C@@H](Cc2ccccc2)NC(=O)C(N)Cc2ccc3ccccc3c2)n1. The third-order valence-electron chi connectivity index (χ3n) is 5.40. The van der Waals surface area contributed by atoms with Gasteiger partial charge in [-0.05, 0) is 40.4 Å². The molecule has 1 unspecified atom stereocenters. The van der Waals surface area contributed by atoms with E-state index in [-0.39, 0.29) is 24.2 Å². The summed E-state index contributed by atoms with van der Waals surface area (Å²) in [6.45, 7) is 1.88. The van der Waals surface area contributed by atoms with Crippen LogP contribution in [0.2, 0.25) is 0 Å². The molecule has 1 amide bonds. The van der Waals surface area contributed by atoms with Gasteiger partial charge in [0.05, 0.1) is 12.6 Å². The summed E-state index contributed by atoms with van der Waals surface area (Å²) >= 11 is 0. The molecule has 8 heteroatoms. The zero-order valence-electron chi connectivity index (χ0n) is 18.8. The van der Waals surface area contributed by atoms with Gasteiger partial charge in [-0.2, -0.15) is 4.98 Å². The van der Waals surface area contributed by atoms with E-state index >= 15 is 0 Å². The third kappa shape index (κ3) is 5.65. The van der Waals surface area contributed by atoms with Gasteiger partial charge >= 0.3 is 5.97 Å². The number of rotatable bonds is 9. The minimum absolute atomic E-state index is 0.109. The number of amides is 1. The van der Waals surface area contributed by atoms with Crippen molar-refractivity contribution in [2.75, 3.05) is 6.61 Å². The second-order valence-electron chi connectivity index (χ2n) is 7.92. The first-order valence-corrected chi connectivity index (χ1v) is 11.1. The highest BCUT2D eigenvalue weighted by Crippen LogP contribution is 2.19. The van der Waals surface area contributed by atoms with Crippen molar-refractivity contribution in [3.05, 3.63) is 95.6 Å². The Hall–Kier alpha value is -4.04. The summed E-state index contributed by atoms with van der Waals surface area (Å²) < 4.78 is 10.2. The van der Waals surface area contributed by atoms with Crippen molar-refractivity contribution in [2.45, 2.75) is 31.8 Å². The van der Waals surface area contributed by atoms with E-state index in [1.807, 2.05) is 72.8 Å². The Kier molecular flexibility index (Phi) is 7.29. The number of esters is 1. The minimum atomic E-state index is -0.785. The Labute approximate surface area is 197 Å². The lowest BCUT2D eigenvalue weighted by Crippen LogP contribution is -2.44. The molecule has 0 aliphatic carbocycles. The molecule has 0 aliphatic heterocycles. The number of nitrogens with two attached hydrogens (primary N) is 1. The Balaban J connectivity index is 1.50. The number of ether oxygens (including phenoxy) is 1. The van der Waals surface area contributed by atoms with Crippen molar-refractivity contribution >= 4 is 22.6 Å². The smallest absolute Gasteiger partial charge is 0.379 e. The number of benzene rings is 3. The van der Waals surface area contributed by atoms with E-state index in [9.17, 15) is 9.59 Å². The van der Waals surface area contributed by atoms with Crippen molar-refractivity contribution in [1.29, 1.82) is 0 Å². The van der Waals surface area contributed by atoms with Crippen molar-refractivity contribution in [2.24, 2.45) is 5.73 Å². The molecule has 8 nitrogen and oxygen atoms in total. The van der Waals surface area contributed by atoms with Crippen LogP contribution in [0, 0.1) is 0 Å². The molecule has 3 N–H and O–H groups in total. The average Bonchev–Trinajstić information content (AvgIpc) is 3.35. The lowest BCUT2D eigenvalue weighted by atomic mass is 10.0. The fraction of sp³-hybridized carbons (Fsp3) is 0.231. The molecule has 0 fully saturated rings. The zero-order chi connectivity index (χ0) is 23.9. The predicted octanol–water partition coefficient (Wildman–Crippen LogP) is 3.37. The van der Waals surface area contributed by atoms with Crippen LogP contribution in [0.4, 0.5) is 0 Å². The van der Waals surface area contributed by atoms with Crippen molar-refractivity contribution < 1.29 is 18.8 Å². The predicted molar refractivity (Wildman–Crippen MR) is 127 cm³/mol. The van der Waals surface area contributed by atoms with E-state index in [4.69, 9.17) is 15.0 Å². The molecule has 0 saturated carbocycles. The summed E-state index contributed by atoms with van der Waals surface area (Å²) in [7, 11) is 0. The number of nitrogens with zero attached hydrogens (tertiary/aromatic N) is 2. The zero-order valence-corrected chi connectivity index (χ0v) is 18.8. The average molecular weight is 459 g/mol. The highest BCUT2D eigenvalue weighted by atomic mass is 16.5. The normalized spacial score (nSPS) is 12.8. The van der Waals surface area contributed by atoms with Crippen molar-refractivity contribution in [3.8, 4) is 0 Å². The molecule has 0 bridgehead atoms. The van der Waals surface area contributed by atoms with Gasteiger partial charge in [0.15, 0.2) is 0 Å². The quantitative estimate of drug-likeness (QED) is 0.369. The van der Waals surface area contributed by atoms with Crippen LogP contribution >= 0.6 is 0 Å². The standard InChI is InChI=1S/C26H26N4O4/c1-2-33-26(32)23-29-25(34-30-23)22(16-17-8-4-3-5-9-17)28-24(31)21(27)15-18-12-13-19-10-6-7-11-20(19)14-18/h3-14,21-22H,2,15-16,27H2,1H3,(H,28,31)/t21?,22-/m1/s1. The van der Waals surface area contributed by atoms with Crippen LogP contribution in [-0.4, -0.2) is 34.7 Å².